The largest absolute Gasteiger partial charge is 0.419 e. The summed E-state index contributed by atoms with van der Waals surface area (Å²) < 4.78 is 41.4. The van der Waals surface area contributed by atoms with Crippen LogP contribution in [-0.2, 0) is 13.2 Å². The van der Waals surface area contributed by atoms with E-state index >= 15 is 0 Å². The molecule has 27 heavy (non-hydrogen) atoms. The summed E-state index contributed by atoms with van der Waals surface area (Å²) in [5.41, 5.74) is -0.405. The molecular weight excluding hydrogens is 361 g/mol. The molecule has 3 aromatic heterocycles. The Kier molecular flexibility index (Phi) is 4.05. The number of anilines is 2. The highest BCUT2D eigenvalue weighted by molar-refractivity contribution is 5.76. The number of rotatable bonds is 2. The molecule has 10 heteroatoms. The molecule has 0 radical (unpaired) electrons. The molecule has 4 heterocycles. The van der Waals surface area contributed by atoms with Gasteiger partial charge in [-0.1, -0.05) is 0 Å². The lowest BCUT2D eigenvalue weighted by Gasteiger charge is -2.36. The van der Waals surface area contributed by atoms with Crippen LogP contribution >= 0.6 is 0 Å². The Balaban J connectivity index is 1.57. The maximum Gasteiger partial charge on any atom is 0.419 e. The molecule has 0 atom stereocenters. The van der Waals surface area contributed by atoms with Crippen LogP contribution in [0.25, 0.3) is 11.0 Å². The monoisotopic (exact) mass is 378 g/mol. The van der Waals surface area contributed by atoms with Crippen molar-refractivity contribution >= 4 is 22.8 Å². The SMILES string of the molecule is Cn1ccc2c(=O)[nH]c(N3CCN(c4ncccc4C(F)(F)F)CC3)nc21. The van der Waals surface area contributed by atoms with Gasteiger partial charge in [-0.15, -0.1) is 0 Å². The van der Waals surface area contributed by atoms with E-state index in [1.807, 2.05) is 4.90 Å². The molecule has 3 aromatic rings. The molecule has 0 aromatic carbocycles. The van der Waals surface area contributed by atoms with Crippen LogP contribution in [-0.4, -0.2) is 45.7 Å². The van der Waals surface area contributed by atoms with Crippen molar-refractivity contribution in [2.24, 2.45) is 7.05 Å². The first-order valence-electron chi connectivity index (χ1n) is 8.42. The highest BCUT2D eigenvalue weighted by Gasteiger charge is 2.36. The van der Waals surface area contributed by atoms with Gasteiger partial charge in [0.05, 0.1) is 10.9 Å². The molecule has 0 saturated carbocycles. The number of pyridine rings is 1. The van der Waals surface area contributed by atoms with Crippen LogP contribution in [0.15, 0.2) is 35.4 Å². The summed E-state index contributed by atoms with van der Waals surface area (Å²) in [7, 11) is 1.80. The predicted octanol–water partition coefficient (Wildman–Crippen LogP) is 2.00. The van der Waals surface area contributed by atoms with Crippen LogP contribution < -0.4 is 15.4 Å². The van der Waals surface area contributed by atoms with Crippen LogP contribution in [0.3, 0.4) is 0 Å². The number of aromatic amines is 1. The van der Waals surface area contributed by atoms with Crippen molar-refractivity contribution in [3.63, 3.8) is 0 Å². The summed E-state index contributed by atoms with van der Waals surface area (Å²) >= 11 is 0. The Bertz CT molecular complexity index is 1030. The molecular formula is C17H17F3N6O. The molecule has 1 saturated heterocycles. The number of halogens is 3. The van der Waals surface area contributed by atoms with Crippen LogP contribution in [0, 0.1) is 0 Å². The second kappa shape index (κ2) is 6.29. The molecule has 0 unspecified atom stereocenters. The number of alkyl halides is 3. The molecule has 1 fully saturated rings. The van der Waals surface area contributed by atoms with Gasteiger partial charge < -0.3 is 14.4 Å². The maximum atomic E-state index is 13.2. The van der Waals surface area contributed by atoms with E-state index in [9.17, 15) is 18.0 Å². The van der Waals surface area contributed by atoms with Crippen molar-refractivity contribution in [2.45, 2.75) is 6.18 Å². The van der Waals surface area contributed by atoms with Crippen LogP contribution in [0.4, 0.5) is 24.9 Å². The molecule has 1 N–H and O–H groups in total. The average Bonchev–Trinajstić information content (AvgIpc) is 3.03. The molecule has 1 aliphatic heterocycles. The number of piperazine rings is 1. The minimum absolute atomic E-state index is 0.0658. The predicted molar refractivity (Wildman–Crippen MR) is 95.0 cm³/mol. The molecule has 7 nitrogen and oxygen atoms in total. The van der Waals surface area contributed by atoms with Crippen molar-refractivity contribution in [1.82, 2.24) is 19.5 Å². The van der Waals surface area contributed by atoms with Crippen molar-refractivity contribution in [1.29, 1.82) is 0 Å². The number of nitrogens with one attached hydrogen (secondary N) is 1. The Morgan fingerprint density at radius 2 is 1.81 bits per heavy atom. The van der Waals surface area contributed by atoms with Gasteiger partial charge in [0.2, 0.25) is 5.95 Å². The standard InChI is InChI=1S/C17H17F3N6O/c1-24-6-4-11-13(24)22-16(23-15(11)27)26-9-7-25(8-10-26)14-12(17(18,19)20)3-2-5-21-14/h2-6H,7-10H2,1H3,(H,22,23,27). The fraction of sp³-hybridized carbons (Fsp3) is 0.353. The minimum Gasteiger partial charge on any atom is -0.353 e. The van der Waals surface area contributed by atoms with Gasteiger partial charge in [0.1, 0.15) is 11.5 Å². The Morgan fingerprint density at radius 1 is 1.11 bits per heavy atom. The summed E-state index contributed by atoms with van der Waals surface area (Å²) in [5.74, 6) is 0.356. The van der Waals surface area contributed by atoms with Gasteiger partial charge in [0.15, 0.2) is 0 Å². The van der Waals surface area contributed by atoms with Gasteiger partial charge in [-0.2, -0.15) is 18.2 Å². The number of nitrogens with zero attached hydrogens (tertiary/aromatic N) is 5. The third kappa shape index (κ3) is 3.11. The van der Waals surface area contributed by atoms with E-state index in [0.717, 1.165) is 6.07 Å². The van der Waals surface area contributed by atoms with E-state index in [1.165, 1.54) is 12.3 Å². The smallest absolute Gasteiger partial charge is 0.353 e. The second-order valence-corrected chi connectivity index (χ2v) is 6.40. The Hall–Kier alpha value is -3.04. The fourth-order valence-electron chi connectivity index (χ4n) is 3.28. The zero-order valence-electron chi connectivity index (χ0n) is 14.5. The topological polar surface area (TPSA) is 70.1 Å². The number of aromatic nitrogens is 4. The summed E-state index contributed by atoms with van der Waals surface area (Å²) in [6.45, 7) is 1.53. The van der Waals surface area contributed by atoms with Crippen molar-refractivity contribution < 1.29 is 13.2 Å². The number of H-pyrrole nitrogens is 1. The maximum absolute atomic E-state index is 13.2. The van der Waals surface area contributed by atoms with Crippen molar-refractivity contribution in [3.8, 4) is 0 Å². The van der Waals surface area contributed by atoms with Crippen LogP contribution in [0.5, 0.6) is 0 Å². The minimum atomic E-state index is -4.45. The molecule has 0 aliphatic carbocycles. The lowest BCUT2D eigenvalue weighted by Crippen LogP contribution is -2.48. The fourth-order valence-corrected chi connectivity index (χ4v) is 3.28. The third-order valence-corrected chi connectivity index (χ3v) is 4.69. The molecule has 1 aliphatic rings. The summed E-state index contributed by atoms with van der Waals surface area (Å²) in [5, 5.41) is 0.503. The summed E-state index contributed by atoms with van der Waals surface area (Å²) in [4.78, 5) is 26.9. The number of fused-ring (bicyclic) bond motifs is 1. The van der Waals surface area contributed by atoms with E-state index in [2.05, 4.69) is 15.0 Å². The lowest BCUT2D eigenvalue weighted by molar-refractivity contribution is -0.137. The van der Waals surface area contributed by atoms with E-state index in [4.69, 9.17) is 0 Å². The Morgan fingerprint density at radius 3 is 2.52 bits per heavy atom. The van der Waals surface area contributed by atoms with E-state index < -0.39 is 11.7 Å². The first-order chi connectivity index (χ1) is 12.8. The highest BCUT2D eigenvalue weighted by Crippen LogP contribution is 2.35. The zero-order chi connectivity index (χ0) is 19.2. The van der Waals surface area contributed by atoms with Crippen LogP contribution in [0.1, 0.15) is 5.56 Å². The lowest BCUT2D eigenvalue weighted by atomic mass is 10.2. The van der Waals surface area contributed by atoms with Crippen molar-refractivity contribution in [2.75, 3.05) is 36.0 Å². The van der Waals surface area contributed by atoms with Gasteiger partial charge in [-0.3, -0.25) is 9.78 Å². The average molecular weight is 378 g/mol. The third-order valence-electron chi connectivity index (χ3n) is 4.69. The first kappa shape index (κ1) is 17.4. The van der Waals surface area contributed by atoms with E-state index in [0.29, 0.717) is 43.2 Å². The van der Waals surface area contributed by atoms with Gasteiger partial charge in [0, 0.05) is 45.6 Å². The second-order valence-electron chi connectivity index (χ2n) is 6.40. The number of hydrogen-bond acceptors (Lipinski definition) is 5. The first-order valence-corrected chi connectivity index (χ1v) is 8.42. The molecule has 0 bridgehead atoms. The highest BCUT2D eigenvalue weighted by atomic mass is 19.4. The van der Waals surface area contributed by atoms with E-state index in [1.54, 1.807) is 28.8 Å². The summed E-state index contributed by atoms with van der Waals surface area (Å²) in [6, 6.07) is 4.02. The molecule has 142 valence electrons. The van der Waals surface area contributed by atoms with Gasteiger partial charge in [-0.25, -0.2) is 4.98 Å². The molecule has 0 amide bonds. The van der Waals surface area contributed by atoms with Gasteiger partial charge in [0.25, 0.3) is 5.56 Å². The van der Waals surface area contributed by atoms with Crippen LogP contribution in [0.2, 0.25) is 0 Å². The number of aryl methyl sites for hydroxylation is 1. The quantitative estimate of drug-likeness (QED) is 0.739. The van der Waals surface area contributed by atoms with Gasteiger partial charge >= 0.3 is 6.18 Å². The molecule has 0 spiro atoms. The van der Waals surface area contributed by atoms with Gasteiger partial charge in [-0.05, 0) is 18.2 Å². The summed E-state index contributed by atoms with van der Waals surface area (Å²) in [6.07, 6.45) is -1.33. The number of hydrogen-bond donors (Lipinski definition) is 1. The zero-order valence-corrected chi connectivity index (χ0v) is 14.5. The van der Waals surface area contributed by atoms with Crippen molar-refractivity contribution in [3.05, 3.63) is 46.5 Å². The normalized spacial score (nSPS) is 15.6. The molecule has 4 rings (SSSR count). The Labute approximate surface area is 152 Å². The van der Waals surface area contributed by atoms with E-state index in [-0.39, 0.29) is 11.4 Å².